The third-order valence-electron chi connectivity index (χ3n) is 2.58. The Hall–Kier alpha value is -1.43. The third kappa shape index (κ3) is 2.94. The SMILES string of the molecule is C=C(Cl)CNCc1c(C(=O)O)sc2cccc(F)c12. The Morgan fingerprint density at radius 1 is 1.53 bits per heavy atom. The van der Waals surface area contributed by atoms with Crippen molar-refractivity contribution in [2.45, 2.75) is 6.54 Å². The maximum absolute atomic E-state index is 13.9. The highest BCUT2D eigenvalue weighted by Gasteiger charge is 2.19. The first-order valence-corrected chi connectivity index (χ1v) is 6.67. The molecule has 0 aliphatic heterocycles. The van der Waals surface area contributed by atoms with Gasteiger partial charge in [-0.25, -0.2) is 9.18 Å². The molecule has 2 rings (SSSR count). The molecule has 6 heteroatoms. The molecule has 0 saturated heterocycles. The van der Waals surface area contributed by atoms with Crippen LogP contribution in [0.1, 0.15) is 15.2 Å². The molecule has 2 aromatic rings. The van der Waals surface area contributed by atoms with Crippen LogP contribution in [0.4, 0.5) is 4.39 Å². The van der Waals surface area contributed by atoms with Gasteiger partial charge in [-0.15, -0.1) is 11.3 Å². The molecule has 0 saturated carbocycles. The van der Waals surface area contributed by atoms with Gasteiger partial charge in [0.15, 0.2) is 0 Å². The average Bonchev–Trinajstić information content (AvgIpc) is 2.69. The van der Waals surface area contributed by atoms with Crippen LogP contribution in [-0.2, 0) is 6.54 Å². The second-order valence-electron chi connectivity index (χ2n) is 3.95. The van der Waals surface area contributed by atoms with E-state index in [1.54, 1.807) is 12.1 Å². The minimum absolute atomic E-state index is 0.146. The summed E-state index contributed by atoms with van der Waals surface area (Å²) in [6.45, 7) is 4.10. The molecule has 1 aromatic heterocycles. The van der Waals surface area contributed by atoms with Crippen LogP contribution in [0.3, 0.4) is 0 Å². The molecule has 0 aliphatic carbocycles. The van der Waals surface area contributed by atoms with E-state index in [-0.39, 0.29) is 11.4 Å². The monoisotopic (exact) mass is 299 g/mol. The van der Waals surface area contributed by atoms with Gasteiger partial charge >= 0.3 is 5.97 Å². The van der Waals surface area contributed by atoms with Crippen LogP contribution in [0.25, 0.3) is 10.1 Å². The fourth-order valence-corrected chi connectivity index (χ4v) is 3.00. The van der Waals surface area contributed by atoms with Crippen molar-refractivity contribution in [1.82, 2.24) is 5.32 Å². The molecule has 3 nitrogen and oxygen atoms in total. The molecule has 0 fully saturated rings. The summed E-state index contributed by atoms with van der Waals surface area (Å²) in [5.41, 5.74) is 0.448. The van der Waals surface area contributed by atoms with Crippen molar-refractivity contribution in [3.8, 4) is 0 Å². The Kier molecular flexibility index (Phi) is 4.19. The number of thiophene rings is 1. The smallest absolute Gasteiger partial charge is 0.346 e. The first-order valence-electron chi connectivity index (χ1n) is 5.48. The topological polar surface area (TPSA) is 49.3 Å². The fraction of sp³-hybridized carbons (Fsp3) is 0.154. The third-order valence-corrected chi connectivity index (χ3v) is 3.89. The fourth-order valence-electron chi connectivity index (χ4n) is 1.83. The summed E-state index contributed by atoms with van der Waals surface area (Å²) >= 11 is 6.70. The molecular weight excluding hydrogens is 289 g/mol. The van der Waals surface area contributed by atoms with E-state index in [2.05, 4.69) is 11.9 Å². The van der Waals surface area contributed by atoms with E-state index in [1.165, 1.54) is 6.07 Å². The number of carboxylic acids is 1. The maximum atomic E-state index is 13.9. The van der Waals surface area contributed by atoms with Crippen LogP contribution in [-0.4, -0.2) is 17.6 Å². The first-order chi connectivity index (χ1) is 9.00. The quantitative estimate of drug-likeness (QED) is 0.887. The van der Waals surface area contributed by atoms with Crippen LogP contribution in [0.15, 0.2) is 29.8 Å². The molecule has 0 atom stereocenters. The van der Waals surface area contributed by atoms with E-state index in [0.717, 1.165) is 11.3 Å². The van der Waals surface area contributed by atoms with Gasteiger partial charge in [0.2, 0.25) is 0 Å². The Bertz CT molecular complexity index is 653. The Balaban J connectivity index is 2.45. The summed E-state index contributed by atoms with van der Waals surface area (Å²) in [5.74, 6) is -1.47. The lowest BCUT2D eigenvalue weighted by Crippen LogP contribution is -2.16. The molecule has 0 bridgehead atoms. The zero-order valence-electron chi connectivity index (χ0n) is 9.87. The zero-order chi connectivity index (χ0) is 14.0. The summed E-state index contributed by atoms with van der Waals surface area (Å²) in [4.78, 5) is 11.4. The molecule has 1 heterocycles. The number of halogens is 2. The summed E-state index contributed by atoms with van der Waals surface area (Å²) in [7, 11) is 0. The minimum atomic E-state index is -1.05. The maximum Gasteiger partial charge on any atom is 0.346 e. The molecule has 0 radical (unpaired) electrons. The van der Waals surface area contributed by atoms with Crippen molar-refractivity contribution in [2.24, 2.45) is 0 Å². The summed E-state index contributed by atoms with van der Waals surface area (Å²) in [5, 5.41) is 12.9. The van der Waals surface area contributed by atoms with E-state index in [4.69, 9.17) is 11.6 Å². The van der Waals surface area contributed by atoms with E-state index < -0.39 is 11.8 Å². The summed E-state index contributed by atoms with van der Waals surface area (Å²) < 4.78 is 14.5. The van der Waals surface area contributed by atoms with Crippen molar-refractivity contribution < 1.29 is 14.3 Å². The van der Waals surface area contributed by atoms with Crippen LogP contribution in [0.2, 0.25) is 0 Å². The van der Waals surface area contributed by atoms with Gasteiger partial charge in [-0.1, -0.05) is 24.2 Å². The Morgan fingerprint density at radius 2 is 2.26 bits per heavy atom. The van der Waals surface area contributed by atoms with Gasteiger partial charge in [0.1, 0.15) is 10.7 Å². The second kappa shape index (κ2) is 5.69. The summed E-state index contributed by atoms with van der Waals surface area (Å²) in [6, 6.07) is 4.60. The number of hydrogen-bond acceptors (Lipinski definition) is 3. The predicted molar refractivity (Wildman–Crippen MR) is 75.4 cm³/mol. The highest BCUT2D eigenvalue weighted by molar-refractivity contribution is 7.21. The largest absolute Gasteiger partial charge is 0.477 e. The predicted octanol–water partition coefficient (Wildman–Crippen LogP) is 3.58. The number of benzene rings is 1. The van der Waals surface area contributed by atoms with E-state index >= 15 is 0 Å². The van der Waals surface area contributed by atoms with E-state index in [0.29, 0.717) is 27.2 Å². The van der Waals surface area contributed by atoms with Gasteiger partial charge in [-0.2, -0.15) is 0 Å². The molecule has 1 aromatic carbocycles. The van der Waals surface area contributed by atoms with Gasteiger partial charge < -0.3 is 10.4 Å². The number of fused-ring (bicyclic) bond motifs is 1. The molecule has 100 valence electrons. The lowest BCUT2D eigenvalue weighted by molar-refractivity contribution is 0.0701. The van der Waals surface area contributed by atoms with Crippen molar-refractivity contribution >= 4 is 39.0 Å². The van der Waals surface area contributed by atoms with Crippen LogP contribution in [0.5, 0.6) is 0 Å². The zero-order valence-corrected chi connectivity index (χ0v) is 11.4. The highest BCUT2D eigenvalue weighted by Crippen LogP contribution is 2.33. The van der Waals surface area contributed by atoms with Gasteiger partial charge in [0, 0.05) is 33.8 Å². The molecule has 0 spiro atoms. The van der Waals surface area contributed by atoms with Crippen molar-refractivity contribution in [3.05, 3.63) is 46.1 Å². The number of carboxylic acid groups (broad SMARTS) is 1. The van der Waals surface area contributed by atoms with Crippen molar-refractivity contribution in [1.29, 1.82) is 0 Å². The molecule has 0 unspecified atom stereocenters. The lowest BCUT2D eigenvalue weighted by atomic mass is 10.1. The molecule has 2 N–H and O–H groups in total. The van der Waals surface area contributed by atoms with Crippen LogP contribution in [0, 0.1) is 5.82 Å². The lowest BCUT2D eigenvalue weighted by Gasteiger charge is -2.04. The van der Waals surface area contributed by atoms with Crippen molar-refractivity contribution in [3.63, 3.8) is 0 Å². The van der Waals surface area contributed by atoms with Gasteiger partial charge in [0.25, 0.3) is 0 Å². The molecular formula is C13H11ClFNO2S. The Labute approximate surface area is 118 Å². The molecule has 19 heavy (non-hydrogen) atoms. The normalized spacial score (nSPS) is 10.8. The first kappa shape index (κ1) is 14.0. The number of nitrogens with one attached hydrogen (secondary N) is 1. The van der Waals surface area contributed by atoms with Gasteiger partial charge in [-0.3, -0.25) is 0 Å². The minimum Gasteiger partial charge on any atom is -0.477 e. The van der Waals surface area contributed by atoms with Gasteiger partial charge in [0.05, 0.1) is 0 Å². The van der Waals surface area contributed by atoms with Crippen molar-refractivity contribution in [2.75, 3.05) is 6.54 Å². The van der Waals surface area contributed by atoms with Crippen LogP contribution < -0.4 is 5.32 Å². The average molecular weight is 300 g/mol. The van der Waals surface area contributed by atoms with Crippen LogP contribution >= 0.6 is 22.9 Å². The van der Waals surface area contributed by atoms with Gasteiger partial charge in [-0.05, 0) is 12.1 Å². The van der Waals surface area contributed by atoms with E-state index in [9.17, 15) is 14.3 Å². The number of hydrogen-bond donors (Lipinski definition) is 2. The Morgan fingerprint density at radius 3 is 2.89 bits per heavy atom. The number of rotatable bonds is 5. The molecule has 0 aliphatic rings. The second-order valence-corrected chi connectivity index (χ2v) is 5.54. The standard InChI is InChI=1S/C13H11ClFNO2S/c1-7(14)5-16-6-8-11-9(15)3-2-4-10(11)19-12(8)13(17)18/h2-4,16H,1,5-6H2,(H,17,18). The highest BCUT2D eigenvalue weighted by atomic mass is 35.5. The summed E-state index contributed by atoms with van der Waals surface area (Å²) in [6.07, 6.45) is 0. The number of carbonyl (C=O) groups is 1. The number of aromatic carboxylic acids is 1. The van der Waals surface area contributed by atoms with E-state index in [1.807, 2.05) is 0 Å². The molecule has 0 amide bonds.